The topological polar surface area (TPSA) is 74.1 Å². The highest BCUT2D eigenvalue weighted by Gasteiger charge is 2.08. The lowest BCUT2D eigenvalue weighted by Gasteiger charge is -2.07. The highest BCUT2D eigenvalue weighted by atomic mass is 16.5. The Hall–Kier alpha value is -2.15. The number of rotatable bonds is 6. The molecule has 0 aromatic carbocycles. The van der Waals surface area contributed by atoms with Gasteiger partial charge in [-0.1, -0.05) is 0 Å². The van der Waals surface area contributed by atoms with Crippen molar-refractivity contribution in [2.75, 3.05) is 19.5 Å². The number of hydrogen-bond donors (Lipinski definition) is 1. The van der Waals surface area contributed by atoms with E-state index in [1.807, 2.05) is 10.9 Å². The molecule has 7 heteroatoms. The fourth-order valence-electron chi connectivity index (χ4n) is 1.62. The Morgan fingerprint density at radius 3 is 2.75 bits per heavy atom. The van der Waals surface area contributed by atoms with Gasteiger partial charge >= 0.3 is 0 Å². The van der Waals surface area contributed by atoms with Crippen molar-refractivity contribution >= 4 is 5.82 Å². The normalized spacial score (nSPS) is 10.8. The van der Waals surface area contributed by atoms with Crippen molar-refractivity contribution < 1.29 is 9.47 Å². The summed E-state index contributed by atoms with van der Waals surface area (Å²) in [6.07, 6.45) is 3.50. The van der Waals surface area contributed by atoms with Gasteiger partial charge in [-0.15, -0.1) is 0 Å². The molecule has 0 fully saturated rings. The quantitative estimate of drug-likeness (QED) is 0.872. The highest BCUT2D eigenvalue weighted by Crippen LogP contribution is 2.22. The monoisotopic (exact) mass is 277 g/mol. The van der Waals surface area contributed by atoms with Crippen molar-refractivity contribution in [1.29, 1.82) is 0 Å². The highest BCUT2D eigenvalue weighted by molar-refractivity contribution is 5.38. The molecule has 0 saturated heterocycles. The zero-order valence-electron chi connectivity index (χ0n) is 12.1. The second-order valence-corrected chi connectivity index (χ2v) is 4.54. The first-order valence-corrected chi connectivity index (χ1v) is 6.39. The van der Waals surface area contributed by atoms with Crippen LogP contribution >= 0.6 is 0 Å². The summed E-state index contributed by atoms with van der Waals surface area (Å²) >= 11 is 0. The average Bonchev–Trinajstić information content (AvgIpc) is 2.87. The average molecular weight is 277 g/mol. The van der Waals surface area contributed by atoms with Crippen LogP contribution in [0.15, 0.2) is 18.5 Å². The fourth-order valence-corrected chi connectivity index (χ4v) is 1.62. The van der Waals surface area contributed by atoms with Gasteiger partial charge in [0.1, 0.15) is 12.4 Å². The molecule has 0 radical (unpaired) electrons. The first-order chi connectivity index (χ1) is 9.62. The summed E-state index contributed by atoms with van der Waals surface area (Å²) in [5.74, 6) is 2.34. The largest absolute Gasteiger partial charge is 0.436 e. The molecule has 0 unspecified atom stereocenters. The van der Waals surface area contributed by atoms with E-state index >= 15 is 0 Å². The molecule has 108 valence electrons. The molecule has 2 rings (SSSR count). The summed E-state index contributed by atoms with van der Waals surface area (Å²) in [5.41, 5.74) is 0. The summed E-state index contributed by atoms with van der Waals surface area (Å²) in [7, 11) is 3.39. The van der Waals surface area contributed by atoms with E-state index < -0.39 is 0 Å². The number of nitrogens with one attached hydrogen (secondary N) is 1. The van der Waals surface area contributed by atoms with Crippen LogP contribution in [0.25, 0.3) is 0 Å². The standard InChI is InChI=1S/C13H19N5O2/c1-9(2)18-7-10(6-15-18)20-13-5-11(14-3)16-12(17-13)8-19-4/h5-7,9H,8H2,1-4H3,(H,14,16,17). The molecule has 0 aliphatic heterocycles. The molecule has 20 heavy (non-hydrogen) atoms. The van der Waals surface area contributed by atoms with Crippen LogP contribution in [0.2, 0.25) is 0 Å². The summed E-state index contributed by atoms with van der Waals surface area (Å²) < 4.78 is 12.6. The van der Waals surface area contributed by atoms with Crippen molar-refractivity contribution in [2.24, 2.45) is 0 Å². The molecule has 0 spiro atoms. The lowest BCUT2D eigenvalue weighted by Crippen LogP contribution is -2.03. The van der Waals surface area contributed by atoms with Gasteiger partial charge < -0.3 is 14.8 Å². The number of ether oxygens (including phenoxy) is 2. The van der Waals surface area contributed by atoms with Gasteiger partial charge in [-0.2, -0.15) is 10.1 Å². The first kappa shape index (κ1) is 14.3. The van der Waals surface area contributed by atoms with E-state index in [4.69, 9.17) is 9.47 Å². The van der Waals surface area contributed by atoms with Gasteiger partial charge in [0.25, 0.3) is 0 Å². The van der Waals surface area contributed by atoms with Gasteiger partial charge in [-0.3, -0.25) is 4.68 Å². The van der Waals surface area contributed by atoms with Crippen LogP contribution in [0.4, 0.5) is 5.82 Å². The van der Waals surface area contributed by atoms with Crippen molar-refractivity contribution in [1.82, 2.24) is 19.7 Å². The van der Waals surface area contributed by atoms with Crippen LogP contribution in [0.1, 0.15) is 25.7 Å². The minimum Gasteiger partial charge on any atom is -0.436 e. The molecule has 0 amide bonds. The van der Waals surface area contributed by atoms with Crippen LogP contribution in [-0.2, 0) is 11.3 Å². The van der Waals surface area contributed by atoms with Gasteiger partial charge in [0.15, 0.2) is 11.6 Å². The Bertz CT molecular complexity index is 568. The summed E-state index contributed by atoms with van der Waals surface area (Å²) in [6.45, 7) is 4.44. The fraction of sp³-hybridized carbons (Fsp3) is 0.462. The van der Waals surface area contributed by atoms with E-state index in [9.17, 15) is 0 Å². The van der Waals surface area contributed by atoms with E-state index in [0.717, 1.165) is 0 Å². The number of nitrogens with zero attached hydrogens (tertiary/aromatic N) is 4. The molecule has 0 aliphatic rings. The Kier molecular flexibility index (Phi) is 4.52. The zero-order valence-corrected chi connectivity index (χ0v) is 12.1. The van der Waals surface area contributed by atoms with Crippen molar-refractivity contribution in [3.8, 4) is 11.6 Å². The summed E-state index contributed by atoms with van der Waals surface area (Å²) in [4.78, 5) is 8.55. The Balaban J connectivity index is 2.20. The van der Waals surface area contributed by atoms with Crippen molar-refractivity contribution in [3.05, 3.63) is 24.3 Å². The van der Waals surface area contributed by atoms with Crippen LogP contribution in [0, 0.1) is 0 Å². The van der Waals surface area contributed by atoms with Crippen LogP contribution < -0.4 is 10.1 Å². The van der Waals surface area contributed by atoms with Crippen LogP contribution in [-0.4, -0.2) is 33.9 Å². The molecule has 1 N–H and O–H groups in total. The minimum atomic E-state index is 0.287. The zero-order chi connectivity index (χ0) is 14.5. The van der Waals surface area contributed by atoms with E-state index in [2.05, 4.69) is 34.2 Å². The molecule has 0 saturated carbocycles. The van der Waals surface area contributed by atoms with Gasteiger partial charge in [-0.25, -0.2) is 4.98 Å². The van der Waals surface area contributed by atoms with Crippen molar-refractivity contribution in [2.45, 2.75) is 26.5 Å². The predicted molar refractivity (Wildman–Crippen MR) is 75.0 cm³/mol. The van der Waals surface area contributed by atoms with Crippen LogP contribution in [0.3, 0.4) is 0 Å². The van der Waals surface area contributed by atoms with Crippen molar-refractivity contribution in [3.63, 3.8) is 0 Å². The molecule has 2 aromatic heterocycles. The molecule has 7 nitrogen and oxygen atoms in total. The van der Waals surface area contributed by atoms with Gasteiger partial charge in [0, 0.05) is 26.3 Å². The number of aromatic nitrogens is 4. The number of anilines is 1. The first-order valence-electron chi connectivity index (χ1n) is 6.39. The predicted octanol–water partition coefficient (Wildman–Crippen LogP) is 2.23. The van der Waals surface area contributed by atoms with E-state index in [1.165, 1.54) is 0 Å². The molecule has 2 heterocycles. The molecule has 2 aromatic rings. The second-order valence-electron chi connectivity index (χ2n) is 4.54. The lowest BCUT2D eigenvalue weighted by molar-refractivity contribution is 0.177. The van der Waals surface area contributed by atoms with Gasteiger partial charge in [0.05, 0.1) is 12.4 Å². The molecule has 0 atom stereocenters. The second kappa shape index (κ2) is 6.33. The molecular formula is C13H19N5O2. The third-order valence-corrected chi connectivity index (χ3v) is 2.61. The van der Waals surface area contributed by atoms with E-state index in [0.29, 0.717) is 29.9 Å². The number of methoxy groups -OCH3 is 1. The maximum absolute atomic E-state index is 5.71. The van der Waals surface area contributed by atoms with E-state index in [1.54, 1.807) is 26.4 Å². The number of hydrogen-bond acceptors (Lipinski definition) is 6. The van der Waals surface area contributed by atoms with Gasteiger partial charge in [-0.05, 0) is 13.8 Å². The maximum atomic E-state index is 5.71. The third-order valence-electron chi connectivity index (χ3n) is 2.61. The lowest BCUT2D eigenvalue weighted by atomic mass is 10.4. The smallest absolute Gasteiger partial charge is 0.224 e. The Labute approximate surface area is 118 Å². The Morgan fingerprint density at radius 1 is 1.35 bits per heavy atom. The minimum absolute atomic E-state index is 0.287. The molecular weight excluding hydrogens is 258 g/mol. The summed E-state index contributed by atoms with van der Waals surface area (Å²) in [6, 6.07) is 2.01. The summed E-state index contributed by atoms with van der Waals surface area (Å²) in [5, 5.41) is 7.19. The molecule has 0 aliphatic carbocycles. The van der Waals surface area contributed by atoms with Crippen LogP contribution in [0.5, 0.6) is 11.6 Å². The van der Waals surface area contributed by atoms with Gasteiger partial charge in [0.2, 0.25) is 5.88 Å². The SMILES string of the molecule is CNc1cc(Oc2cnn(C(C)C)c2)nc(COC)n1. The third kappa shape index (κ3) is 3.45. The molecule has 0 bridgehead atoms. The van der Waals surface area contributed by atoms with E-state index in [-0.39, 0.29) is 6.04 Å². The maximum Gasteiger partial charge on any atom is 0.224 e. The Morgan fingerprint density at radius 2 is 2.15 bits per heavy atom.